The highest BCUT2D eigenvalue weighted by molar-refractivity contribution is 5.11. The van der Waals surface area contributed by atoms with Gasteiger partial charge in [0.2, 0.25) is 0 Å². The molecular weight excluding hydrogens is 260 g/mol. The zero-order chi connectivity index (χ0) is 15.5. The molecule has 0 saturated heterocycles. The summed E-state index contributed by atoms with van der Waals surface area (Å²) in [4.78, 5) is 0. The van der Waals surface area contributed by atoms with Gasteiger partial charge >= 0.3 is 0 Å². The number of aryl methyl sites for hydroxylation is 2. The Morgan fingerprint density at radius 3 is 2.00 bits per heavy atom. The molecule has 0 aliphatic rings. The fourth-order valence-electron chi connectivity index (χ4n) is 2.92. The molecule has 122 valence electrons. The van der Waals surface area contributed by atoms with Crippen molar-refractivity contribution in [2.75, 3.05) is 0 Å². The Kier molecular flexibility index (Phi) is 9.40. The number of aliphatic hydroxyl groups excluding tert-OH is 1. The van der Waals surface area contributed by atoms with Gasteiger partial charge in [0.1, 0.15) is 0 Å². The van der Waals surface area contributed by atoms with Crippen LogP contribution in [0, 0.1) is 6.92 Å². The molecule has 1 aromatic rings. The third-order valence-electron chi connectivity index (χ3n) is 4.21. The number of hydrogen-bond acceptors (Lipinski definition) is 2. The first kappa shape index (κ1) is 18.2. The van der Waals surface area contributed by atoms with Crippen LogP contribution in [-0.4, -0.2) is 14.9 Å². The van der Waals surface area contributed by atoms with Gasteiger partial charge in [-0.1, -0.05) is 71.1 Å². The molecule has 0 fully saturated rings. The van der Waals surface area contributed by atoms with Gasteiger partial charge in [-0.25, -0.2) is 0 Å². The highest BCUT2D eigenvalue weighted by atomic mass is 16.3. The first-order valence-electron chi connectivity index (χ1n) is 8.83. The van der Waals surface area contributed by atoms with Crippen molar-refractivity contribution in [1.82, 2.24) is 9.78 Å². The first-order valence-corrected chi connectivity index (χ1v) is 8.83. The molecule has 1 atom stereocenters. The van der Waals surface area contributed by atoms with Crippen molar-refractivity contribution < 1.29 is 5.11 Å². The molecule has 0 saturated carbocycles. The second kappa shape index (κ2) is 10.8. The summed E-state index contributed by atoms with van der Waals surface area (Å²) in [5, 5.41) is 14.5. The third kappa shape index (κ3) is 7.66. The van der Waals surface area contributed by atoms with E-state index < -0.39 is 0 Å². The lowest BCUT2D eigenvalue weighted by Gasteiger charge is -2.10. The summed E-state index contributed by atoms with van der Waals surface area (Å²) in [6.45, 7) is 4.23. The number of hydrogen-bond donors (Lipinski definition) is 1. The fourth-order valence-corrected chi connectivity index (χ4v) is 2.92. The molecule has 1 aromatic heterocycles. The van der Waals surface area contributed by atoms with E-state index in [0.717, 1.165) is 24.2 Å². The van der Waals surface area contributed by atoms with Crippen LogP contribution in [0.2, 0.25) is 0 Å². The molecule has 1 N–H and O–H groups in total. The maximum absolute atomic E-state index is 10.2. The molecule has 0 aliphatic carbocycles. The molecule has 3 heteroatoms. The molecule has 1 heterocycles. The Labute approximate surface area is 130 Å². The Morgan fingerprint density at radius 2 is 1.52 bits per heavy atom. The van der Waals surface area contributed by atoms with Gasteiger partial charge in [-0.05, 0) is 19.4 Å². The number of aromatic nitrogens is 2. The molecular formula is C18H34N2O. The highest BCUT2D eigenvalue weighted by Crippen LogP contribution is 2.20. The van der Waals surface area contributed by atoms with Crippen LogP contribution in [0.5, 0.6) is 0 Å². The third-order valence-corrected chi connectivity index (χ3v) is 4.21. The van der Waals surface area contributed by atoms with Gasteiger partial charge in [0, 0.05) is 7.05 Å². The summed E-state index contributed by atoms with van der Waals surface area (Å²) in [5.74, 6) is 0. The van der Waals surface area contributed by atoms with Crippen LogP contribution in [0.25, 0.3) is 0 Å². The van der Waals surface area contributed by atoms with Gasteiger partial charge in [0.15, 0.2) is 0 Å². The lowest BCUT2D eigenvalue weighted by atomic mass is 10.0. The number of rotatable bonds is 12. The average Bonchev–Trinajstić information content (AvgIpc) is 2.79. The van der Waals surface area contributed by atoms with Crippen LogP contribution in [0.3, 0.4) is 0 Å². The van der Waals surface area contributed by atoms with E-state index in [1.165, 1.54) is 57.8 Å². The minimum absolute atomic E-state index is 0.356. The quantitative estimate of drug-likeness (QED) is 0.546. The number of nitrogens with zero attached hydrogens (tertiary/aromatic N) is 2. The van der Waals surface area contributed by atoms with Crippen molar-refractivity contribution >= 4 is 0 Å². The SMILES string of the molecule is CCCCCCCCCCCCC(O)c1cc(C)nn1C. The topological polar surface area (TPSA) is 38.1 Å². The maximum atomic E-state index is 10.2. The van der Waals surface area contributed by atoms with Gasteiger partial charge < -0.3 is 5.11 Å². The smallest absolute Gasteiger partial charge is 0.0956 e. The van der Waals surface area contributed by atoms with Crippen molar-refractivity contribution in [3.05, 3.63) is 17.5 Å². The second-order valence-electron chi connectivity index (χ2n) is 6.32. The second-order valence-corrected chi connectivity index (χ2v) is 6.32. The van der Waals surface area contributed by atoms with E-state index in [9.17, 15) is 5.11 Å². The Bertz CT molecular complexity index is 373. The van der Waals surface area contributed by atoms with Crippen molar-refractivity contribution in [1.29, 1.82) is 0 Å². The van der Waals surface area contributed by atoms with E-state index in [1.54, 1.807) is 4.68 Å². The lowest BCUT2D eigenvalue weighted by Crippen LogP contribution is -2.05. The lowest BCUT2D eigenvalue weighted by molar-refractivity contribution is 0.154. The van der Waals surface area contributed by atoms with E-state index in [-0.39, 0.29) is 6.10 Å². The van der Waals surface area contributed by atoms with Gasteiger partial charge in [0.05, 0.1) is 17.5 Å². The highest BCUT2D eigenvalue weighted by Gasteiger charge is 2.12. The zero-order valence-electron chi connectivity index (χ0n) is 14.3. The summed E-state index contributed by atoms with van der Waals surface area (Å²) in [5.41, 5.74) is 1.93. The molecule has 1 unspecified atom stereocenters. The molecule has 0 radical (unpaired) electrons. The Balaban J connectivity index is 1.98. The van der Waals surface area contributed by atoms with Crippen LogP contribution < -0.4 is 0 Å². The standard InChI is InChI=1S/C18H34N2O/c1-4-5-6-7-8-9-10-11-12-13-14-18(21)17-15-16(2)19-20(17)3/h15,18,21H,4-14H2,1-3H3. The van der Waals surface area contributed by atoms with E-state index >= 15 is 0 Å². The predicted octanol–water partition coefficient (Wildman–Crippen LogP) is 5.07. The van der Waals surface area contributed by atoms with Gasteiger partial charge in [-0.15, -0.1) is 0 Å². The summed E-state index contributed by atoms with van der Waals surface area (Å²) in [6, 6.07) is 1.99. The van der Waals surface area contributed by atoms with E-state index in [0.29, 0.717) is 0 Å². The van der Waals surface area contributed by atoms with Crippen molar-refractivity contribution in [2.45, 2.75) is 90.6 Å². The summed E-state index contributed by atoms with van der Waals surface area (Å²) in [6.07, 6.45) is 13.8. The number of aliphatic hydroxyl groups is 1. The van der Waals surface area contributed by atoms with Crippen LogP contribution >= 0.6 is 0 Å². The largest absolute Gasteiger partial charge is 0.387 e. The monoisotopic (exact) mass is 294 g/mol. The van der Waals surface area contributed by atoms with Crippen LogP contribution in [-0.2, 0) is 7.05 Å². The number of unbranched alkanes of at least 4 members (excludes halogenated alkanes) is 9. The molecule has 0 aromatic carbocycles. The van der Waals surface area contributed by atoms with Gasteiger partial charge in [-0.3, -0.25) is 4.68 Å². The van der Waals surface area contributed by atoms with E-state index in [4.69, 9.17) is 0 Å². The van der Waals surface area contributed by atoms with Crippen molar-refractivity contribution in [2.24, 2.45) is 7.05 Å². The normalized spacial score (nSPS) is 12.8. The zero-order valence-corrected chi connectivity index (χ0v) is 14.3. The predicted molar refractivity (Wildman–Crippen MR) is 89.4 cm³/mol. The van der Waals surface area contributed by atoms with Crippen LogP contribution in [0.1, 0.15) is 95.0 Å². The van der Waals surface area contributed by atoms with Crippen molar-refractivity contribution in [3.8, 4) is 0 Å². The Morgan fingerprint density at radius 1 is 1.00 bits per heavy atom. The maximum Gasteiger partial charge on any atom is 0.0956 e. The molecule has 3 nitrogen and oxygen atoms in total. The summed E-state index contributed by atoms with van der Waals surface area (Å²) in [7, 11) is 1.91. The Hall–Kier alpha value is -0.830. The minimum Gasteiger partial charge on any atom is -0.387 e. The van der Waals surface area contributed by atoms with Crippen LogP contribution in [0.15, 0.2) is 6.07 Å². The minimum atomic E-state index is -0.356. The van der Waals surface area contributed by atoms with Crippen LogP contribution in [0.4, 0.5) is 0 Å². The summed E-state index contributed by atoms with van der Waals surface area (Å²) < 4.78 is 1.80. The molecule has 0 aliphatic heterocycles. The van der Waals surface area contributed by atoms with Crippen molar-refractivity contribution in [3.63, 3.8) is 0 Å². The van der Waals surface area contributed by atoms with E-state index in [1.807, 2.05) is 20.0 Å². The average molecular weight is 294 g/mol. The fraction of sp³-hybridized carbons (Fsp3) is 0.833. The summed E-state index contributed by atoms with van der Waals surface area (Å²) >= 11 is 0. The molecule has 0 spiro atoms. The van der Waals surface area contributed by atoms with E-state index in [2.05, 4.69) is 12.0 Å². The molecule has 1 rings (SSSR count). The molecule has 0 amide bonds. The first-order chi connectivity index (χ1) is 10.1. The van der Waals surface area contributed by atoms with Gasteiger partial charge in [-0.2, -0.15) is 5.10 Å². The molecule has 0 bridgehead atoms. The molecule has 21 heavy (non-hydrogen) atoms. The van der Waals surface area contributed by atoms with Gasteiger partial charge in [0.25, 0.3) is 0 Å².